The van der Waals surface area contributed by atoms with Crippen molar-refractivity contribution in [2.75, 3.05) is 0 Å². The van der Waals surface area contributed by atoms with Crippen LogP contribution in [-0.2, 0) is 6.61 Å². The minimum absolute atomic E-state index is 0.320. The number of hydrogen-bond donors (Lipinski definition) is 0. The molecule has 18 heavy (non-hydrogen) atoms. The fourth-order valence-electron chi connectivity index (χ4n) is 1.50. The van der Waals surface area contributed by atoms with E-state index in [1.165, 1.54) is 6.07 Å². The first-order valence-electron chi connectivity index (χ1n) is 5.39. The van der Waals surface area contributed by atoms with E-state index < -0.39 is 0 Å². The Bertz CT molecular complexity index is 572. The molecular weight excluding hydrogens is 319 g/mol. The van der Waals surface area contributed by atoms with Crippen LogP contribution in [0.15, 0.2) is 40.9 Å². The van der Waals surface area contributed by atoms with E-state index in [9.17, 15) is 4.39 Å². The molecule has 0 saturated carbocycles. The Kier molecular flexibility index (Phi) is 4.25. The first-order chi connectivity index (χ1) is 8.56. The zero-order valence-corrected chi connectivity index (χ0v) is 12.1. The van der Waals surface area contributed by atoms with Gasteiger partial charge in [-0.15, -0.1) is 0 Å². The zero-order valence-electron chi connectivity index (χ0n) is 9.71. The predicted octanol–water partition coefficient (Wildman–Crippen LogP) is 5.13. The third kappa shape index (κ3) is 3.24. The number of aryl methyl sites for hydroxylation is 1. The van der Waals surface area contributed by atoms with Crippen LogP contribution >= 0.6 is 27.5 Å². The van der Waals surface area contributed by atoms with Crippen LogP contribution in [0.2, 0.25) is 5.02 Å². The Hall–Kier alpha value is -1.06. The van der Waals surface area contributed by atoms with E-state index >= 15 is 0 Å². The lowest BCUT2D eigenvalue weighted by molar-refractivity contribution is 0.304. The molecule has 4 heteroatoms. The average molecular weight is 330 g/mol. The molecule has 2 aromatic rings. The van der Waals surface area contributed by atoms with E-state index in [1.807, 2.05) is 25.1 Å². The molecule has 0 radical (unpaired) electrons. The van der Waals surface area contributed by atoms with Crippen molar-refractivity contribution in [1.29, 1.82) is 0 Å². The van der Waals surface area contributed by atoms with Crippen molar-refractivity contribution >= 4 is 27.5 Å². The van der Waals surface area contributed by atoms with Gasteiger partial charge < -0.3 is 4.74 Å². The minimum Gasteiger partial charge on any atom is -0.489 e. The summed E-state index contributed by atoms with van der Waals surface area (Å²) in [5.74, 6) is 0.134. The van der Waals surface area contributed by atoms with E-state index in [4.69, 9.17) is 16.3 Å². The molecular formula is C14H11BrClFO. The van der Waals surface area contributed by atoms with E-state index in [1.54, 1.807) is 12.1 Å². The molecule has 0 fully saturated rings. The predicted molar refractivity (Wildman–Crippen MR) is 74.6 cm³/mol. The lowest BCUT2D eigenvalue weighted by Gasteiger charge is -2.08. The van der Waals surface area contributed by atoms with Gasteiger partial charge in [-0.25, -0.2) is 4.39 Å². The molecule has 94 valence electrons. The van der Waals surface area contributed by atoms with Gasteiger partial charge >= 0.3 is 0 Å². The van der Waals surface area contributed by atoms with E-state index in [-0.39, 0.29) is 5.82 Å². The second kappa shape index (κ2) is 5.72. The van der Waals surface area contributed by atoms with Gasteiger partial charge in [0.25, 0.3) is 0 Å². The smallest absolute Gasteiger partial charge is 0.141 e. The minimum atomic E-state index is -0.345. The van der Waals surface area contributed by atoms with Crippen molar-refractivity contribution in [3.05, 3.63) is 62.8 Å². The molecule has 0 atom stereocenters. The number of halogens is 3. The number of ether oxygens (including phenoxy) is 1. The van der Waals surface area contributed by atoms with Gasteiger partial charge in [0.1, 0.15) is 18.2 Å². The van der Waals surface area contributed by atoms with E-state index in [2.05, 4.69) is 15.9 Å². The maximum atomic E-state index is 13.3. The molecule has 0 saturated heterocycles. The summed E-state index contributed by atoms with van der Waals surface area (Å²) in [6.07, 6.45) is 0. The summed E-state index contributed by atoms with van der Waals surface area (Å²) in [5, 5.41) is 0.660. The van der Waals surface area contributed by atoms with Crippen LogP contribution in [0, 0.1) is 12.7 Å². The summed E-state index contributed by atoms with van der Waals surface area (Å²) >= 11 is 9.18. The van der Waals surface area contributed by atoms with Crippen molar-refractivity contribution in [3.63, 3.8) is 0 Å². The van der Waals surface area contributed by atoms with Gasteiger partial charge in [-0.1, -0.05) is 23.7 Å². The Morgan fingerprint density at radius 3 is 2.67 bits per heavy atom. The highest BCUT2D eigenvalue weighted by Gasteiger charge is 2.04. The van der Waals surface area contributed by atoms with Gasteiger partial charge in [0.15, 0.2) is 0 Å². The lowest BCUT2D eigenvalue weighted by Crippen LogP contribution is -1.97. The van der Waals surface area contributed by atoms with Gasteiger partial charge in [0.05, 0.1) is 4.47 Å². The molecule has 2 aromatic carbocycles. The molecule has 0 aromatic heterocycles. The maximum Gasteiger partial charge on any atom is 0.141 e. The lowest BCUT2D eigenvalue weighted by atomic mass is 10.2. The van der Waals surface area contributed by atoms with Gasteiger partial charge in [0, 0.05) is 16.7 Å². The Balaban J connectivity index is 2.09. The molecule has 0 aliphatic rings. The molecule has 0 N–H and O–H groups in total. The second-order valence-electron chi connectivity index (χ2n) is 3.96. The van der Waals surface area contributed by atoms with Gasteiger partial charge in [-0.3, -0.25) is 0 Å². The quantitative estimate of drug-likeness (QED) is 0.758. The highest BCUT2D eigenvalue weighted by molar-refractivity contribution is 9.10. The first-order valence-corrected chi connectivity index (χ1v) is 6.56. The molecule has 0 spiro atoms. The fourth-order valence-corrected chi connectivity index (χ4v) is 2.03. The van der Waals surface area contributed by atoms with Crippen LogP contribution in [-0.4, -0.2) is 0 Å². The monoisotopic (exact) mass is 328 g/mol. The molecule has 0 amide bonds. The largest absolute Gasteiger partial charge is 0.489 e. The highest BCUT2D eigenvalue weighted by Crippen LogP contribution is 2.23. The molecule has 0 aliphatic heterocycles. The zero-order chi connectivity index (χ0) is 13.1. The molecule has 0 unspecified atom stereocenters. The molecule has 1 nitrogen and oxygen atoms in total. The topological polar surface area (TPSA) is 9.23 Å². The summed E-state index contributed by atoms with van der Waals surface area (Å²) in [6.45, 7) is 2.29. The first kappa shape index (κ1) is 13.4. The highest BCUT2D eigenvalue weighted by atomic mass is 79.9. The average Bonchev–Trinajstić information content (AvgIpc) is 2.32. The molecule has 2 rings (SSSR count). The van der Waals surface area contributed by atoms with Gasteiger partial charge in [0.2, 0.25) is 0 Å². The summed E-state index contributed by atoms with van der Waals surface area (Å²) in [7, 11) is 0. The van der Waals surface area contributed by atoms with E-state index in [0.29, 0.717) is 21.9 Å². The maximum absolute atomic E-state index is 13.3. The molecule has 0 heterocycles. The van der Waals surface area contributed by atoms with E-state index in [0.717, 1.165) is 11.1 Å². The second-order valence-corrected chi connectivity index (χ2v) is 5.22. The Morgan fingerprint density at radius 2 is 2.00 bits per heavy atom. The molecule has 0 aliphatic carbocycles. The van der Waals surface area contributed by atoms with Gasteiger partial charge in [-0.05, 0) is 46.6 Å². The normalized spacial score (nSPS) is 10.4. The summed E-state index contributed by atoms with van der Waals surface area (Å²) in [6, 6.07) is 10.4. The molecule has 0 bridgehead atoms. The van der Waals surface area contributed by atoms with Crippen LogP contribution in [0.25, 0.3) is 0 Å². The third-order valence-electron chi connectivity index (χ3n) is 2.49. The van der Waals surface area contributed by atoms with Gasteiger partial charge in [-0.2, -0.15) is 0 Å². The fraction of sp³-hybridized carbons (Fsp3) is 0.143. The summed E-state index contributed by atoms with van der Waals surface area (Å²) in [4.78, 5) is 0. The van der Waals surface area contributed by atoms with Crippen LogP contribution < -0.4 is 4.74 Å². The summed E-state index contributed by atoms with van der Waals surface area (Å²) < 4.78 is 19.2. The number of hydrogen-bond acceptors (Lipinski definition) is 1. The van der Waals surface area contributed by atoms with Crippen molar-refractivity contribution in [2.24, 2.45) is 0 Å². The SMILES string of the molecule is Cc1ccc(COc2ccc(Br)c(F)c2)c(Cl)c1. The standard InChI is InChI=1S/C14H11BrClFO/c1-9-2-3-10(13(16)6-9)8-18-11-4-5-12(15)14(17)7-11/h2-7H,8H2,1H3. The number of benzene rings is 2. The Morgan fingerprint density at radius 1 is 1.22 bits per heavy atom. The Labute approximate surface area is 119 Å². The number of rotatable bonds is 3. The van der Waals surface area contributed by atoms with Crippen LogP contribution in [0.3, 0.4) is 0 Å². The van der Waals surface area contributed by atoms with Crippen molar-refractivity contribution in [2.45, 2.75) is 13.5 Å². The van der Waals surface area contributed by atoms with Crippen LogP contribution in [0.1, 0.15) is 11.1 Å². The van der Waals surface area contributed by atoms with Crippen molar-refractivity contribution in [1.82, 2.24) is 0 Å². The third-order valence-corrected chi connectivity index (χ3v) is 3.49. The van der Waals surface area contributed by atoms with Crippen LogP contribution in [0.5, 0.6) is 5.75 Å². The van der Waals surface area contributed by atoms with Crippen molar-refractivity contribution in [3.8, 4) is 5.75 Å². The van der Waals surface area contributed by atoms with Crippen LogP contribution in [0.4, 0.5) is 4.39 Å². The summed E-state index contributed by atoms with van der Waals surface area (Å²) in [5.41, 5.74) is 1.98. The van der Waals surface area contributed by atoms with Crippen molar-refractivity contribution < 1.29 is 9.13 Å².